The summed E-state index contributed by atoms with van der Waals surface area (Å²) < 4.78 is 46.3. The van der Waals surface area contributed by atoms with Gasteiger partial charge in [-0.15, -0.1) is 6.58 Å². The molecule has 3 aromatic carbocycles. The van der Waals surface area contributed by atoms with Crippen LogP contribution in [-0.2, 0) is 29.1 Å². The van der Waals surface area contributed by atoms with E-state index >= 15 is 0 Å². The van der Waals surface area contributed by atoms with E-state index in [-0.39, 0.29) is 42.2 Å². The number of rotatable bonds is 16. The van der Waals surface area contributed by atoms with Crippen molar-refractivity contribution in [2.45, 2.75) is 74.3 Å². The average Bonchev–Trinajstić information content (AvgIpc) is 3.71. The zero-order valence-electron chi connectivity index (χ0n) is 34.9. The first-order chi connectivity index (χ1) is 29.4. The van der Waals surface area contributed by atoms with Crippen LogP contribution in [0.3, 0.4) is 0 Å². The van der Waals surface area contributed by atoms with E-state index in [2.05, 4.69) is 29.1 Å². The van der Waals surface area contributed by atoms with Gasteiger partial charge in [-0.25, -0.2) is 18.2 Å². The lowest BCUT2D eigenvalue weighted by molar-refractivity contribution is -0.141. The summed E-state index contributed by atoms with van der Waals surface area (Å²) in [4.78, 5) is 71.0. The van der Waals surface area contributed by atoms with Crippen molar-refractivity contribution in [1.82, 2.24) is 25.2 Å². The molecule has 6 rings (SSSR count). The lowest BCUT2D eigenvalue weighted by atomic mass is 10.0. The molecule has 1 aliphatic heterocycles. The third-order valence-electron chi connectivity index (χ3n) is 10.5. The van der Waals surface area contributed by atoms with Crippen molar-refractivity contribution in [1.29, 1.82) is 0 Å². The zero-order chi connectivity index (χ0) is 45.0. The number of nitrogens with two attached hydrogens (primary N) is 1. The first-order valence-corrected chi connectivity index (χ1v) is 21.4. The van der Waals surface area contributed by atoms with Crippen molar-refractivity contribution >= 4 is 50.5 Å². The molecule has 4 amide bonds. The van der Waals surface area contributed by atoms with E-state index in [1.807, 2.05) is 36.4 Å². The predicted octanol–water partition coefficient (Wildman–Crippen LogP) is 4.44. The number of ketones is 1. The minimum Gasteiger partial charge on any atom is -0.497 e. The maximum absolute atomic E-state index is 14.4. The highest BCUT2D eigenvalue weighted by atomic mass is 32.2. The highest BCUT2D eigenvalue weighted by Crippen LogP contribution is 2.44. The highest BCUT2D eigenvalue weighted by Gasteiger charge is 2.60. The lowest BCUT2D eigenvalue weighted by Crippen LogP contribution is -2.56. The minimum absolute atomic E-state index is 0.00599. The number of alkyl carbamates (subject to hydrolysis) is 1. The molecule has 17 heteroatoms. The quantitative estimate of drug-likeness (QED) is 0.0530. The number of benzene rings is 3. The van der Waals surface area contributed by atoms with E-state index < -0.39 is 79.8 Å². The van der Waals surface area contributed by atoms with E-state index in [1.165, 1.54) is 18.2 Å². The van der Waals surface area contributed by atoms with Crippen LogP contribution in [0.1, 0.15) is 50.4 Å². The van der Waals surface area contributed by atoms with Crippen molar-refractivity contribution in [3.63, 3.8) is 0 Å². The van der Waals surface area contributed by atoms with Crippen LogP contribution in [0.15, 0.2) is 109 Å². The maximum atomic E-state index is 14.4. The Balaban J connectivity index is 1.25. The first-order valence-electron chi connectivity index (χ1n) is 19.9. The monoisotopic (exact) mass is 866 g/mol. The van der Waals surface area contributed by atoms with E-state index in [4.69, 9.17) is 24.9 Å². The summed E-state index contributed by atoms with van der Waals surface area (Å²) in [5.41, 5.74) is 5.91. The van der Waals surface area contributed by atoms with Gasteiger partial charge in [-0.1, -0.05) is 43.0 Å². The first kappa shape index (κ1) is 45.1. The SMILES string of the molecule is C=CC(=O)NCCC(NC(=O)OC(C)(C)C)C(=O)c1ccc(S(=O)(=O)N(C(=O)[C@@H]2C[C@@H](Oc3cc(-c4ccccc4)nc4cc(OC)ccc34)CN2)C(=O)[C@@]2(N)C[C@H]2C=C)cc1. The number of fused-ring (bicyclic) bond motifs is 1. The van der Waals surface area contributed by atoms with Crippen molar-refractivity contribution in [2.75, 3.05) is 20.2 Å². The minimum atomic E-state index is -4.93. The van der Waals surface area contributed by atoms with Gasteiger partial charge in [0.05, 0.1) is 35.3 Å². The summed E-state index contributed by atoms with van der Waals surface area (Å²) in [7, 11) is -3.37. The van der Waals surface area contributed by atoms with Crippen LogP contribution in [-0.4, -0.2) is 96.8 Å². The number of pyridine rings is 1. The number of Topliss-reactive ketones (excluding diaryl/α,β-unsaturated/α-hetero) is 1. The Morgan fingerprint density at radius 3 is 2.37 bits per heavy atom. The molecular weight excluding hydrogens is 817 g/mol. The molecule has 2 fully saturated rings. The van der Waals surface area contributed by atoms with Crippen molar-refractivity contribution in [2.24, 2.45) is 11.7 Å². The van der Waals surface area contributed by atoms with Gasteiger partial charge in [0, 0.05) is 54.1 Å². The van der Waals surface area contributed by atoms with Gasteiger partial charge < -0.3 is 35.9 Å². The number of nitrogens with one attached hydrogen (secondary N) is 3. The topological polar surface area (TPSA) is 225 Å². The van der Waals surface area contributed by atoms with E-state index in [1.54, 1.807) is 46.1 Å². The molecule has 16 nitrogen and oxygen atoms in total. The number of hydrogen-bond acceptors (Lipinski definition) is 13. The molecule has 0 spiro atoms. The van der Waals surface area contributed by atoms with Crippen LogP contribution < -0.4 is 31.2 Å². The largest absolute Gasteiger partial charge is 0.497 e. The number of amides is 4. The number of imide groups is 1. The zero-order valence-corrected chi connectivity index (χ0v) is 35.7. The molecule has 1 unspecified atom stereocenters. The van der Waals surface area contributed by atoms with Crippen molar-refractivity contribution in [3.05, 3.63) is 110 Å². The maximum Gasteiger partial charge on any atom is 0.408 e. The Labute approximate surface area is 359 Å². The fourth-order valence-corrected chi connectivity index (χ4v) is 8.49. The summed E-state index contributed by atoms with van der Waals surface area (Å²) in [5, 5.41) is 8.78. The third-order valence-corrected chi connectivity index (χ3v) is 12.2. The average molecular weight is 867 g/mol. The summed E-state index contributed by atoms with van der Waals surface area (Å²) in [6.07, 6.45) is 1.01. The predicted molar refractivity (Wildman–Crippen MR) is 231 cm³/mol. The fourth-order valence-electron chi connectivity index (χ4n) is 7.05. The van der Waals surface area contributed by atoms with Gasteiger partial charge in [0.1, 0.15) is 28.7 Å². The second kappa shape index (κ2) is 18.3. The van der Waals surface area contributed by atoms with Crippen LogP contribution in [0.4, 0.5) is 4.79 Å². The van der Waals surface area contributed by atoms with Crippen LogP contribution in [0.25, 0.3) is 22.2 Å². The van der Waals surface area contributed by atoms with Crippen LogP contribution in [0, 0.1) is 5.92 Å². The van der Waals surface area contributed by atoms with Crippen LogP contribution in [0.5, 0.6) is 11.5 Å². The molecule has 62 heavy (non-hydrogen) atoms. The summed E-state index contributed by atoms with van der Waals surface area (Å²) in [6.45, 7) is 12.2. The molecule has 1 aromatic heterocycles. The molecule has 0 radical (unpaired) electrons. The molecule has 1 saturated carbocycles. The summed E-state index contributed by atoms with van der Waals surface area (Å²) in [6, 6.07) is 18.9. The second-order valence-electron chi connectivity index (χ2n) is 16.1. The molecule has 5 atom stereocenters. The molecule has 326 valence electrons. The number of carbonyl (C=O) groups is 5. The number of ether oxygens (including phenoxy) is 3. The standard InChI is InChI=1S/C45H50N6O10S/c1-7-29-25-45(29,46)42(55)51(62(57,58)32-17-14-28(15-18-32)40(53)34(20-21-47-39(52)8-2)50-43(56)61-44(3,4)5)41(54)37-23-31(26-48-37)60-38-24-35(27-12-10-9-11-13-27)49-36-22-30(59-6)16-19-33(36)38/h7-19,22,24,29,31,34,37,48H,1-2,20-21,23,25-26,46H2,3-6H3,(H,47,52)(H,50,56)/t29-,31-,34?,37+,45-/m1/s1. The molecule has 0 bridgehead atoms. The Bertz CT molecular complexity index is 2510. The Morgan fingerprint density at radius 1 is 1.03 bits per heavy atom. The molecule has 4 aromatic rings. The van der Waals surface area contributed by atoms with Gasteiger partial charge >= 0.3 is 6.09 Å². The Morgan fingerprint density at radius 2 is 1.74 bits per heavy atom. The van der Waals surface area contributed by atoms with Gasteiger partial charge in [-0.05, 0) is 76.1 Å². The Kier molecular flexibility index (Phi) is 13.3. The number of sulfonamides is 1. The van der Waals surface area contributed by atoms with E-state index in [9.17, 15) is 32.4 Å². The summed E-state index contributed by atoms with van der Waals surface area (Å²) in [5.74, 6) is -2.79. The summed E-state index contributed by atoms with van der Waals surface area (Å²) >= 11 is 0. The molecule has 2 aliphatic rings. The lowest BCUT2D eigenvalue weighted by Gasteiger charge is -2.26. The number of hydrogen-bond donors (Lipinski definition) is 4. The third kappa shape index (κ3) is 10.0. The van der Waals surface area contributed by atoms with Crippen LogP contribution in [0.2, 0.25) is 0 Å². The number of aromatic nitrogens is 1. The van der Waals surface area contributed by atoms with E-state index in [0.717, 1.165) is 23.8 Å². The van der Waals surface area contributed by atoms with E-state index in [0.29, 0.717) is 28.1 Å². The highest BCUT2D eigenvalue weighted by molar-refractivity contribution is 7.90. The van der Waals surface area contributed by atoms with Gasteiger partial charge in [0.2, 0.25) is 5.91 Å². The molecule has 1 aliphatic carbocycles. The van der Waals surface area contributed by atoms with Gasteiger partial charge in [-0.2, -0.15) is 4.31 Å². The number of nitrogens with zero attached hydrogens (tertiary/aromatic N) is 2. The fraction of sp³-hybridized carbons (Fsp3) is 0.333. The molecule has 1 saturated heterocycles. The van der Waals surface area contributed by atoms with Gasteiger partial charge in [-0.3, -0.25) is 19.2 Å². The number of methoxy groups -OCH3 is 1. The molecule has 5 N–H and O–H groups in total. The van der Waals surface area contributed by atoms with Gasteiger partial charge in [0.15, 0.2) is 5.78 Å². The number of carbonyl (C=O) groups excluding carboxylic acids is 5. The smallest absolute Gasteiger partial charge is 0.408 e. The molecular formula is C45H50N6O10S. The Hall–Kier alpha value is -6.43. The second-order valence-corrected chi connectivity index (χ2v) is 17.8. The van der Waals surface area contributed by atoms with Crippen LogP contribution >= 0.6 is 0 Å². The van der Waals surface area contributed by atoms with Crippen molar-refractivity contribution in [3.8, 4) is 22.8 Å². The van der Waals surface area contributed by atoms with Crippen molar-refractivity contribution < 1.29 is 46.6 Å². The van der Waals surface area contributed by atoms with Gasteiger partial charge in [0.25, 0.3) is 21.8 Å². The molecule has 2 heterocycles. The normalized spacial score (nSPS) is 20.0.